The third-order valence-electron chi connectivity index (χ3n) is 6.14. The van der Waals surface area contributed by atoms with Crippen LogP contribution in [-0.4, -0.2) is 53.2 Å². The Morgan fingerprint density at radius 2 is 1.81 bits per heavy atom. The number of imidazole rings is 1. The van der Waals surface area contributed by atoms with Crippen molar-refractivity contribution >= 4 is 27.0 Å². The number of sulfonamides is 1. The number of hydrogen-bond acceptors (Lipinski definition) is 4. The van der Waals surface area contributed by atoms with Gasteiger partial charge in [-0.1, -0.05) is 24.6 Å². The molecule has 1 fully saturated rings. The van der Waals surface area contributed by atoms with Crippen LogP contribution < -0.4 is 0 Å². The van der Waals surface area contributed by atoms with Crippen LogP contribution in [0.25, 0.3) is 11.0 Å². The lowest BCUT2D eigenvalue weighted by Crippen LogP contribution is -2.36. The van der Waals surface area contributed by atoms with Crippen molar-refractivity contribution in [2.24, 2.45) is 0 Å². The van der Waals surface area contributed by atoms with Gasteiger partial charge in [0.15, 0.2) is 0 Å². The van der Waals surface area contributed by atoms with Crippen LogP contribution in [0.15, 0.2) is 47.4 Å². The van der Waals surface area contributed by atoms with E-state index < -0.39 is 10.0 Å². The first-order valence-corrected chi connectivity index (χ1v) is 12.6. The van der Waals surface area contributed by atoms with Crippen LogP contribution >= 0.6 is 0 Å². The molecule has 0 N–H and O–H groups in total. The molecule has 4 rings (SSSR count). The van der Waals surface area contributed by atoms with Gasteiger partial charge in [-0.05, 0) is 56.5 Å². The summed E-state index contributed by atoms with van der Waals surface area (Å²) in [5.74, 6) is 0.577. The molecule has 0 aliphatic carbocycles. The smallest absolute Gasteiger partial charge is 0.254 e. The fraction of sp³-hybridized carbons (Fsp3) is 0.417. The first kappa shape index (κ1) is 22.5. The van der Waals surface area contributed by atoms with Crippen LogP contribution in [0.1, 0.15) is 47.9 Å². The zero-order valence-electron chi connectivity index (χ0n) is 18.9. The summed E-state index contributed by atoms with van der Waals surface area (Å²) in [6.45, 7) is 5.99. The van der Waals surface area contributed by atoms with Gasteiger partial charge in [-0.15, -0.1) is 0 Å². The Bertz CT molecular complexity index is 1240. The summed E-state index contributed by atoms with van der Waals surface area (Å²) in [6, 6.07) is 12.9. The van der Waals surface area contributed by atoms with Crippen LogP contribution in [0.2, 0.25) is 0 Å². The number of piperidine rings is 1. The van der Waals surface area contributed by atoms with Crippen LogP contribution in [0, 0.1) is 6.92 Å². The van der Waals surface area contributed by atoms with Crippen molar-refractivity contribution in [3.05, 3.63) is 59.4 Å². The molecule has 170 valence electrons. The summed E-state index contributed by atoms with van der Waals surface area (Å²) in [5.41, 5.74) is 2.96. The average molecular weight is 455 g/mol. The fourth-order valence-corrected chi connectivity index (χ4v) is 6.13. The van der Waals surface area contributed by atoms with Gasteiger partial charge in [0.1, 0.15) is 5.82 Å². The molecule has 1 saturated heterocycles. The average Bonchev–Trinajstić information content (AvgIpc) is 3.16. The molecule has 2 heterocycles. The maximum atomic E-state index is 13.2. The van der Waals surface area contributed by atoms with Gasteiger partial charge < -0.3 is 9.47 Å². The predicted molar refractivity (Wildman–Crippen MR) is 125 cm³/mol. The molecule has 3 aromatic rings. The largest absolute Gasteiger partial charge is 0.334 e. The first-order chi connectivity index (χ1) is 15.3. The van der Waals surface area contributed by atoms with Crippen molar-refractivity contribution in [2.75, 3.05) is 20.1 Å². The van der Waals surface area contributed by atoms with E-state index in [-0.39, 0.29) is 10.8 Å². The van der Waals surface area contributed by atoms with E-state index in [2.05, 4.69) is 11.5 Å². The molecule has 1 aromatic heterocycles. The van der Waals surface area contributed by atoms with E-state index in [1.54, 1.807) is 35.3 Å². The summed E-state index contributed by atoms with van der Waals surface area (Å²) < 4.78 is 30.1. The highest BCUT2D eigenvalue weighted by molar-refractivity contribution is 7.89. The molecule has 1 aliphatic rings. The number of carbonyl (C=O) groups is 1. The van der Waals surface area contributed by atoms with Gasteiger partial charge >= 0.3 is 0 Å². The number of carbonyl (C=O) groups excluding carboxylic acids is 1. The number of para-hydroxylation sites is 2. The zero-order chi connectivity index (χ0) is 22.9. The summed E-state index contributed by atoms with van der Waals surface area (Å²) in [6.07, 6.45) is 2.80. The summed E-state index contributed by atoms with van der Waals surface area (Å²) >= 11 is 0. The standard InChI is InChI=1S/C24H30N4O3S/c1-4-28-21-11-7-6-10-20(21)25-23(28)17-26(3)24(29)19-13-12-18(2)22(16-19)32(30,31)27-14-8-5-9-15-27/h6-7,10-13,16H,4-5,8-9,14-15,17H2,1-3H3. The van der Waals surface area contributed by atoms with E-state index in [1.807, 2.05) is 24.3 Å². The quantitative estimate of drug-likeness (QED) is 0.568. The van der Waals surface area contributed by atoms with Gasteiger partial charge in [-0.3, -0.25) is 4.79 Å². The third-order valence-corrected chi connectivity index (χ3v) is 8.18. The SMILES string of the molecule is CCn1c(CN(C)C(=O)c2ccc(C)c(S(=O)(=O)N3CCCCC3)c2)nc2ccccc21. The Kier molecular flexibility index (Phi) is 6.35. The molecule has 2 aromatic carbocycles. The lowest BCUT2D eigenvalue weighted by Gasteiger charge is -2.27. The van der Waals surface area contributed by atoms with Crippen molar-refractivity contribution < 1.29 is 13.2 Å². The molecule has 8 heteroatoms. The Morgan fingerprint density at radius 1 is 1.09 bits per heavy atom. The topological polar surface area (TPSA) is 75.5 Å². The van der Waals surface area contributed by atoms with Gasteiger partial charge in [-0.25, -0.2) is 13.4 Å². The number of rotatable bonds is 6. The number of aromatic nitrogens is 2. The molecule has 0 saturated carbocycles. The van der Waals surface area contributed by atoms with E-state index in [0.29, 0.717) is 30.8 Å². The molecule has 0 radical (unpaired) electrons. The summed E-state index contributed by atoms with van der Waals surface area (Å²) in [5, 5.41) is 0. The van der Waals surface area contributed by atoms with E-state index in [0.717, 1.165) is 42.7 Å². The molecule has 1 amide bonds. The highest BCUT2D eigenvalue weighted by Crippen LogP contribution is 2.25. The monoisotopic (exact) mass is 454 g/mol. The van der Waals surface area contributed by atoms with Gasteiger partial charge in [0, 0.05) is 32.2 Å². The minimum atomic E-state index is -3.62. The number of hydrogen-bond donors (Lipinski definition) is 0. The number of aryl methyl sites for hydroxylation is 2. The molecule has 0 unspecified atom stereocenters. The summed E-state index contributed by atoms with van der Waals surface area (Å²) in [7, 11) is -1.89. The second-order valence-corrected chi connectivity index (χ2v) is 10.3. The highest BCUT2D eigenvalue weighted by atomic mass is 32.2. The van der Waals surface area contributed by atoms with E-state index >= 15 is 0 Å². The Labute approximate surface area is 189 Å². The van der Waals surface area contributed by atoms with E-state index in [4.69, 9.17) is 4.98 Å². The van der Waals surface area contributed by atoms with Gasteiger partial charge in [0.25, 0.3) is 5.91 Å². The maximum Gasteiger partial charge on any atom is 0.254 e. The van der Waals surface area contributed by atoms with Gasteiger partial charge in [0.05, 0.1) is 22.5 Å². The molecule has 7 nitrogen and oxygen atoms in total. The maximum absolute atomic E-state index is 13.2. The predicted octanol–water partition coefficient (Wildman–Crippen LogP) is 3.81. The van der Waals surface area contributed by atoms with Gasteiger partial charge in [0.2, 0.25) is 10.0 Å². The van der Waals surface area contributed by atoms with E-state index in [9.17, 15) is 13.2 Å². The Morgan fingerprint density at radius 3 is 2.53 bits per heavy atom. The fourth-order valence-electron chi connectivity index (χ4n) is 4.36. The number of fused-ring (bicyclic) bond motifs is 1. The minimum Gasteiger partial charge on any atom is -0.334 e. The number of amides is 1. The minimum absolute atomic E-state index is 0.222. The van der Waals surface area contributed by atoms with Crippen molar-refractivity contribution in [2.45, 2.75) is 51.1 Å². The molecule has 0 bridgehead atoms. The zero-order valence-corrected chi connectivity index (χ0v) is 19.7. The lowest BCUT2D eigenvalue weighted by atomic mass is 10.1. The third kappa shape index (κ3) is 4.17. The highest BCUT2D eigenvalue weighted by Gasteiger charge is 2.28. The molecular weight excluding hydrogens is 424 g/mol. The normalized spacial score (nSPS) is 15.2. The lowest BCUT2D eigenvalue weighted by molar-refractivity contribution is 0.0780. The van der Waals surface area contributed by atoms with Crippen LogP contribution in [-0.2, 0) is 23.1 Å². The molecule has 32 heavy (non-hydrogen) atoms. The Hall–Kier alpha value is -2.71. The second kappa shape index (κ2) is 9.03. The first-order valence-electron chi connectivity index (χ1n) is 11.1. The molecule has 0 atom stereocenters. The Balaban J connectivity index is 1.60. The molecular formula is C24H30N4O3S. The molecule has 0 spiro atoms. The van der Waals surface area contributed by atoms with Crippen molar-refractivity contribution in [3.8, 4) is 0 Å². The van der Waals surface area contributed by atoms with Crippen LogP contribution in [0.3, 0.4) is 0 Å². The number of benzene rings is 2. The van der Waals surface area contributed by atoms with Crippen molar-refractivity contribution in [1.82, 2.24) is 18.8 Å². The second-order valence-electron chi connectivity index (χ2n) is 8.37. The molecule has 1 aliphatic heterocycles. The number of nitrogens with zero attached hydrogens (tertiary/aromatic N) is 4. The van der Waals surface area contributed by atoms with E-state index in [1.165, 1.54) is 6.07 Å². The van der Waals surface area contributed by atoms with Crippen LogP contribution in [0.5, 0.6) is 0 Å². The van der Waals surface area contributed by atoms with Crippen molar-refractivity contribution in [3.63, 3.8) is 0 Å². The summed E-state index contributed by atoms with van der Waals surface area (Å²) in [4.78, 5) is 19.7. The van der Waals surface area contributed by atoms with Crippen molar-refractivity contribution in [1.29, 1.82) is 0 Å². The van der Waals surface area contributed by atoms with Crippen LogP contribution in [0.4, 0.5) is 0 Å². The van der Waals surface area contributed by atoms with Gasteiger partial charge in [-0.2, -0.15) is 4.31 Å².